The molecule has 2 aromatic heterocycles. The molecule has 33 heavy (non-hydrogen) atoms. The maximum Gasteiger partial charge on any atom is 0.225 e. The van der Waals surface area contributed by atoms with Crippen LogP contribution in [-0.4, -0.2) is 79.1 Å². The normalized spacial score (nSPS) is 18.2. The molecule has 2 aliphatic heterocycles. The minimum atomic E-state index is 0.108. The molecule has 5 rings (SSSR count). The molecular formula is C25H31N5O2S. The number of hydrogen-bond acceptors (Lipinski definition) is 7. The van der Waals surface area contributed by atoms with Gasteiger partial charge in [-0.2, -0.15) is 0 Å². The van der Waals surface area contributed by atoms with E-state index in [1.807, 2.05) is 6.07 Å². The molecule has 0 aliphatic carbocycles. The second-order valence-corrected chi connectivity index (χ2v) is 9.84. The van der Waals surface area contributed by atoms with Gasteiger partial charge in [0.2, 0.25) is 5.91 Å². The highest BCUT2D eigenvalue weighted by Gasteiger charge is 2.31. The number of rotatable bonds is 5. The van der Waals surface area contributed by atoms with Gasteiger partial charge in [0, 0.05) is 63.2 Å². The predicted molar refractivity (Wildman–Crippen MR) is 133 cm³/mol. The molecule has 0 bridgehead atoms. The van der Waals surface area contributed by atoms with Crippen LogP contribution >= 0.6 is 11.3 Å². The number of nitrogens with zero attached hydrogens (tertiary/aromatic N) is 5. The van der Waals surface area contributed by atoms with E-state index in [-0.39, 0.29) is 5.92 Å². The maximum absolute atomic E-state index is 13.1. The summed E-state index contributed by atoms with van der Waals surface area (Å²) in [6.07, 6.45) is 1.72. The summed E-state index contributed by atoms with van der Waals surface area (Å²) in [5, 5.41) is 3.29. The molecule has 7 nitrogen and oxygen atoms in total. The number of carbonyl (C=O) groups is 1. The number of carbonyl (C=O) groups excluding carboxylic acids is 1. The minimum Gasteiger partial charge on any atom is -0.377 e. The lowest BCUT2D eigenvalue weighted by atomic mass is 9.94. The van der Waals surface area contributed by atoms with E-state index >= 15 is 0 Å². The summed E-state index contributed by atoms with van der Waals surface area (Å²) in [6.45, 7) is 5.66. The van der Waals surface area contributed by atoms with E-state index in [1.54, 1.807) is 18.4 Å². The SMILES string of the molecule is COCc1nc(N2CCC(C(=O)N3CCN(C)CC3)CC2)c2c(-c3ccccc3)csc2n1. The first-order valence-corrected chi connectivity index (χ1v) is 12.6. The van der Waals surface area contributed by atoms with Crippen molar-refractivity contribution in [3.8, 4) is 11.1 Å². The molecule has 0 radical (unpaired) electrons. The quantitative estimate of drug-likeness (QED) is 0.575. The van der Waals surface area contributed by atoms with Gasteiger partial charge in [-0.1, -0.05) is 30.3 Å². The molecular weight excluding hydrogens is 434 g/mol. The molecule has 0 unspecified atom stereocenters. The van der Waals surface area contributed by atoms with E-state index in [0.717, 1.165) is 68.1 Å². The molecule has 2 saturated heterocycles. The Kier molecular flexibility index (Phi) is 6.57. The molecule has 4 heterocycles. The standard InChI is InChI=1S/C25H31N5O2S/c1-28-12-14-30(15-13-28)25(31)19-8-10-29(11-9-19)23-22-20(18-6-4-3-5-7-18)17-33-24(22)27-21(26-23)16-32-2/h3-7,17,19H,8-16H2,1-2H3. The van der Waals surface area contributed by atoms with Gasteiger partial charge in [0.15, 0.2) is 5.82 Å². The zero-order valence-corrected chi connectivity index (χ0v) is 20.2. The number of amides is 1. The van der Waals surface area contributed by atoms with Gasteiger partial charge in [0.1, 0.15) is 17.3 Å². The Morgan fingerprint density at radius 1 is 1.06 bits per heavy atom. The van der Waals surface area contributed by atoms with Crippen LogP contribution in [0.2, 0.25) is 0 Å². The van der Waals surface area contributed by atoms with Crippen LogP contribution in [0.4, 0.5) is 5.82 Å². The zero-order valence-electron chi connectivity index (χ0n) is 19.4. The summed E-state index contributed by atoms with van der Waals surface area (Å²) in [5.41, 5.74) is 2.35. The van der Waals surface area contributed by atoms with Crippen molar-refractivity contribution >= 4 is 33.3 Å². The lowest BCUT2D eigenvalue weighted by molar-refractivity contribution is -0.137. The number of methoxy groups -OCH3 is 1. The fraction of sp³-hybridized carbons (Fsp3) is 0.480. The molecule has 1 aromatic carbocycles. The highest BCUT2D eigenvalue weighted by atomic mass is 32.1. The Labute approximate surface area is 199 Å². The monoisotopic (exact) mass is 465 g/mol. The highest BCUT2D eigenvalue weighted by Crippen LogP contribution is 2.39. The first-order chi connectivity index (χ1) is 16.1. The van der Waals surface area contributed by atoms with Crippen LogP contribution in [0.5, 0.6) is 0 Å². The minimum absolute atomic E-state index is 0.108. The molecule has 0 atom stereocenters. The van der Waals surface area contributed by atoms with Crippen molar-refractivity contribution in [2.45, 2.75) is 19.4 Å². The first kappa shape index (κ1) is 22.3. The van der Waals surface area contributed by atoms with Crippen molar-refractivity contribution in [2.24, 2.45) is 5.92 Å². The van der Waals surface area contributed by atoms with E-state index in [1.165, 1.54) is 11.1 Å². The van der Waals surface area contributed by atoms with Gasteiger partial charge in [-0.15, -0.1) is 11.3 Å². The van der Waals surface area contributed by atoms with Crippen molar-refractivity contribution in [3.63, 3.8) is 0 Å². The zero-order chi connectivity index (χ0) is 22.8. The van der Waals surface area contributed by atoms with E-state index in [0.29, 0.717) is 18.3 Å². The third kappa shape index (κ3) is 4.60. The molecule has 0 saturated carbocycles. The van der Waals surface area contributed by atoms with E-state index in [2.05, 4.69) is 51.4 Å². The summed E-state index contributed by atoms with van der Waals surface area (Å²) in [5.74, 6) is 2.11. The van der Waals surface area contributed by atoms with Gasteiger partial charge in [-0.25, -0.2) is 9.97 Å². The van der Waals surface area contributed by atoms with Crippen LogP contribution < -0.4 is 4.90 Å². The smallest absolute Gasteiger partial charge is 0.225 e. The fourth-order valence-electron chi connectivity index (χ4n) is 4.84. The van der Waals surface area contributed by atoms with Crippen LogP contribution in [0, 0.1) is 5.92 Å². The summed E-state index contributed by atoms with van der Waals surface area (Å²) < 4.78 is 5.34. The van der Waals surface area contributed by atoms with Crippen LogP contribution in [-0.2, 0) is 16.1 Å². The maximum atomic E-state index is 13.1. The van der Waals surface area contributed by atoms with Gasteiger partial charge in [0.05, 0.1) is 5.39 Å². The van der Waals surface area contributed by atoms with Crippen molar-refractivity contribution < 1.29 is 9.53 Å². The van der Waals surface area contributed by atoms with Crippen LogP contribution in [0.1, 0.15) is 18.7 Å². The molecule has 0 spiro atoms. The highest BCUT2D eigenvalue weighted by molar-refractivity contribution is 7.17. The Bertz CT molecular complexity index is 1100. The topological polar surface area (TPSA) is 61.8 Å². The molecule has 2 aliphatic rings. The average molecular weight is 466 g/mol. The summed E-state index contributed by atoms with van der Waals surface area (Å²) in [4.78, 5) is 30.5. The third-order valence-corrected chi connectivity index (χ3v) is 7.65. The predicted octanol–water partition coefficient (Wildman–Crippen LogP) is 3.50. The molecule has 3 aromatic rings. The molecule has 8 heteroatoms. The molecule has 0 N–H and O–H groups in total. The Balaban J connectivity index is 1.40. The summed E-state index contributed by atoms with van der Waals surface area (Å²) >= 11 is 1.65. The second-order valence-electron chi connectivity index (χ2n) is 8.98. The van der Waals surface area contributed by atoms with Gasteiger partial charge in [-0.3, -0.25) is 4.79 Å². The number of hydrogen-bond donors (Lipinski definition) is 0. The van der Waals surface area contributed by atoms with Crippen molar-refractivity contribution in [1.29, 1.82) is 0 Å². The van der Waals surface area contributed by atoms with Crippen LogP contribution in [0.3, 0.4) is 0 Å². The number of aromatic nitrogens is 2. The Morgan fingerprint density at radius 3 is 2.48 bits per heavy atom. The van der Waals surface area contributed by atoms with Crippen molar-refractivity contribution in [3.05, 3.63) is 41.5 Å². The Morgan fingerprint density at radius 2 is 1.79 bits per heavy atom. The van der Waals surface area contributed by atoms with E-state index in [9.17, 15) is 4.79 Å². The third-order valence-electron chi connectivity index (χ3n) is 6.78. The number of ether oxygens (including phenoxy) is 1. The van der Waals surface area contributed by atoms with Gasteiger partial charge in [0.25, 0.3) is 0 Å². The molecule has 1 amide bonds. The van der Waals surface area contributed by atoms with Gasteiger partial charge in [-0.05, 0) is 25.5 Å². The largest absolute Gasteiger partial charge is 0.377 e. The van der Waals surface area contributed by atoms with Gasteiger partial charge < -0.3 is 19.4 Å². The second kappa shape index (κ2) is 9.75. The number of fused-ring (bicyclic) bond motifs is 1. The molecule has 2 fully saturated rings. The van der Waals surface area contributed by atoms with E-state index in [4.69, 9.17) is 14.7 Å². The summed E-state index contributed by atoms with van der Waals surface area (Å²) in [7, 11) is 3.79. The number of benzene rings is 1. The average Bonchev–Trinajstić information content (AvgIpc) is 3.28. The number of thiophene rings is 1. The van der Waals surface area contributed by atoms with E-state index < -0.39 is 0 Å². The fourth-order valence-corrected chi connectivity index (χ4v) is 5.80. The number of piperidine rings is 1. The lowest BCUT2D eigenvalue weighted by Crippen LogP contribution is -2.50. The van der Waals surface area contributed by atoms with Crippen LogP contribution in [0.25, 0.3) is 21.3 Å². The number of piperazine rings is 1. The first-order valence-electron chi connectivity index (χ1n) is 11.7. The Hall–Kier alpha value is -2.55. The van der Waals surface area contributed by atoms with Crippen LogP contribution in [0.15, 0.2) is 35.7 Å². The van der Waals surface area contributed by atoms with Gasteiger partial charge >= 0.3 is 0 Å². The number of likely N-dealkylation sites (N-methyl/N-ethyl adjacent to an activating group) is 1. The van der Waals surface area contributed by atoms with Crippen molar-refractivity contribution in [1.82, 2.24) is 19.8 Å². The number of anilines is 1. The van der Waals surface area contributed by atoms with Crippen molar-refractivity contribution in [2.75, 3.05) is 58.3 Å². The molecule has 174 valence electrons. The lowest BCUT2D eigenvalue weighted by Gasteiger charge is -2.38. The summed E-state index contributed by atoms with van der Waals surface area (Å²) in [6, 6.07) is 10.4.